The lowest BCUT2D eigenvalue weighted by atomic mass is 9.94. The first-order valence-electron chi connectivity index (χ1n) is 11.4. The van der Waals surface area contributed by atoms with Crippen LogP contribution in [0.25, 0.3) is 11.1 Å². The molecule has 1 aliphatic heterocycles. The highest BCUT2D eigenvalue weighted by molar-refractivity contribution is 7.80. The third-order valence-corrected chi connectivity index (χ3v) is 5.71. The Morgan fingerprint density at radius 3 is 2.26 bits per heavy atom. The van der Waals surface area contributed by atoms with E-state index < -0.39 is 11.8 Å². The normalized spacial score (nSPS) is 10.9. The topological polar surface area (TPSA) is 75.8 Å². The molecule has 0 aliphatic carbocycles. The number of hydrogen-bond acceptors (Lipinski definition) is 5. The number of nitrogens with two attached hydrogens (primary N) is 1. The highest BCUT2D eigenvalue weighted by atomic mass is 32.1. The largest absolute Gasteiger partial charge is 0.488 e. The monoisotopic (exact) mass is 484 g/mol. The summed E-state index contributed by atoms with van der Waals surface area (Å²) in [7, 11) is 1.50. The van der Waals surface area contributed by atoms with Crippen LogP contribution in [0, 0.1) is 5.82 Å². The second-order valence-corrected chi connectivity index (χ2v) is 7.98. The van der Waals surface area contributed by atoms with Crippen LogP contribution in [0.5, 0.6) is 5.75 Å². The molecule has 3 aromatic carbocycles. The fourth-order valence-corrected chi connectivity index (χ4v) is 3.82. The van der Waals surface area contributed by atoms with Crippen molar-refractivity contribution in [3.63, 3.8) is 0 Å². The van der Waals surface area contributed by atoms with Gasteiger partial charge in [-0.05, 0) is 49.9 Å². The molecule has 0 unspecified atom stereocenters. The number of carboxylic acid groups (broad SMARTS) is 1. The van der Waals surface area contributed by atoms with Gasteiger partial charge in [0.15, 0.2) is 0 Å². The average molecular weight is 485 g/mol. The van der Waals surface area contributed by atoms with E-state index in [0.717, 1.165) is 22.8 Å². The van der Waals surface area contributed by atoms with Crippen LogP contribution in [-0.4, -0.2) is 24.7 Å². The minimum Gasteiger partial charge on any atom is -0.488 e. The van der Waals surface area contributed by atoms with Crippen LogP contribution in [0.4, 0.5) is 15.8 Å². The molecule has 182 valence electrons. The molecule has 7 heteroatoms. The van der Waals surface area contributed by atoms with Gasteiger partial charge in [-0.25, -0.2) is 9.18 Å². The summed E-state index contributed by atoms with van der Waals surface area (Å²) >= 11 is 4.67. The van der Waals surface area contributed by atoms with Gasteiger partial charge in [0.25, 0.3) is 0 Å². The quantitative estimate of drug-likeness (QED) is 0.343. The van der Waals surface area contributed by atoms with E-state index in [2.05, 4.69) is 44.0 Å². The molecule has 3 aromatic rings. The molecule has 3 N–H and O–H groups in total. The van der Waals surface area contributed by atoms with Crippen LogP contribution >= 0.6 is 12.6 Å². The summed E-state index contributed by atoms with van der Waals surface area (Å²) in [6.45, 7) is 7.33. The number of hydrogen-bond donors (Lipinski definition) is 3. The number of nitrogens with zero attached hydrogens (tertiary/aromatic N) is 1. The number of fused-ring (bicyclic) bond motifs is 3. The summed E-state index contributed by atoms with van der Waals surface area (Å²) in [5, 5.41) is 9.25. The Kier molecular flexibility index (Phi) is 10.4. The zero-order chi connectivity index (χ0) is 25.3. The van der Waals surface area contributed by atoms with E-state index >= 15 is 0 Å². The Morgan fingerprint density at radius 1 is 1.06 bits per heavy atom. The molecule has 0 aromatic heterocycles. The molecule has 1 heterocycles. The Hall–Kier alpha value is -3.03. The molecule has 0 spiro atoms. The molecule has 0 saturated carbocycles. The van der Waals surface area contributed by atoms with E-state index in [0.29, 0.717) is 22.4 Å². The van der Waals surface area contributed by atoms with Crippen molar-refractivity contribution < 1.29 is 19.0 Å². The van der Waals surface area contributed by atoms with Gasteiger partial charge in [-0.15, -0.1) is 12.6 Å². The summed E-state index contributed by atoms with van der Waals surface area (Å²) < 4.78 is 19.9. The van der Waals surface area contributed by atoms with Gasteiger partial charge in [-0.3, -0.25) is 0 Å². The second kappa shape index (κ2) is 13.0. The number of halogens is 1. The van der Waals surface area contributed by atoms with Crippen molar-refractivity contribution in [2.45, 2.75) is 45.1 Å². The summed E-state index contributed by atoms with van der Waals surface area (Å²) in [6, 6.07) is 16.3. The first-order chi connectivity index (χ1) is 16.4. The smallest absolute Gasteiger partial charge is 0.338 e. The summed E-state index contributed by atoms with van der Waals surface area (Å²) in [5.41, 5.74) is 8.06. The van der Waals surface area contributed by atoms with Crippen LogP contribution in [0.1, 0.15) is 49.5 Å². The molecule has 34 heavy (non-hydrogen) atoms. The Bertz CT molecular complexity index is 1100. The minimum absolute atomic E-state index is 0.183. The number of carbonyl (C=O) groups is 1. The first kappa shape index (κ1) is 27.2. The van der Waals surface area contributed by atoms with Crippen molar-refractivity contribution >= 4 is 30.0 Å². The fraction of sp³-hybridized carbons (Fsp3) is 0.296. The van der Waals surface area contributed by atoms with Crippen LogP contribution < -0.4 is 15.4 Å². The highest BCUT2D eigenvalue weighted by Crippen LogP contribution is 2.44. The Balaban J connectivity index is 0.000000618. The number of aromatic carboxylic acids is 1. The maximum absolute atomic E-state index is 14.0. The van der Waals surface area contributed by atoms with E-state index in [-0.39, 0.29) is 12.2 Å². The maximum atomic E-state index is 14.0. The van der Waals surface area contributed by atoms with E-state index in [1.807, 2.05) is 42.5 Å². The number of rotatable bonds is 5. The van der Waals surface area contributed by atoms with Crippen molar-refractivity contribution in [1.29, 1.82) is 0 Å². The average Bonchev–Trinajstić information content (AvgIpc) is 2.86. The lowest BCUT2D eigenvalue weighted by Gasteiger charge is -2.28. The van der Waals surface area contributed by atoms with Gasteiger partial charge in [0.1, 0.15) is 18.2 Å². The van der Waals surface area contributed by atoms with Gasteiger partial charge in [0.05, 0.1) is 11.3 Å². The fourth-order valence-electron chi connectivity index (χ4n) is 3.51. The molecule has 5 nitrogen and oxygen atoms in total. The minimum atomic E-state index is -1.29. The van der Waals surface area contributed by atoms with Crippen LogP contribution in [0.2, 0.25) is 0 Å². The third-order valence-electron chi connectivity index (χ3n) is 5.35. The number of benzene rings is 3. The molecular formula is C27H33FN2O3S. The zero-order valence-electron chi connectivity index (χ0n) is 20.1. The van der Waals surface area contributed by atoms with E-state index in [9.17, 15) is 14.3 Å². The van der Waals surface area contributed by atoms with Gasteiger partial charge >= 0.3 is 5.97 Å². The molecule has 4 rings (SSSR count). The Labute approximate surface area is 206 Å². The van der Waals surface area contributed by atoms with Crippen molar-refractivity contribution in [3.8, 4) is 16.9 Å². The summed E-state index contributed by atoms with van der Waals surface area (Å²) in [6.07, 6.45) is 2.64. The number of ether oxygens (including phenoxy) is 1. The van der Waals surface area contributed by atoms with Gasteiger partial charge < -0.3 is 20.5 Å². The molecular weight excluding hydrogens is 451 g/mol. The molecule has 0 bridgehead atoms. The number of anilines is 2. The predicted molar refractivity (Wildman–Crippen MR) is 140 cm³/mol. The number of thiol groups is 1. The number of unbranched alkanes of at least 4 members (excludes halogenated alkanes) is 1. The van der Waals surface area contributed by atoms with Crippen LogP contribution in [0.15, 0.2) is 59.5 Å². The third kappa shape index (κ3) is 6.10. The standard InChI is InChI=1S/C22H18FNO3S.C4H10.CH5N/c1-2-24(14-6-4-3-5-7-14)19-11-20-16(10-21(19)28)15-9-17(22(25)26)18(23)8-13(15)12-27-20;1-3-4-2;1-2/h3-11,28H,2,12H2,1H3,(H,25,26);3-4H2,1-2H3;2H2,1H3. The van der Waals surface area contributed by atoms with Crippen LogP contribution in [0.3, 0.4) is 0 Å². The van der Waals surface area contributed by atoms with E-state index in [4.69, 9.17) is 4.74 Å². The zero-order valence-corrected chi connectivity index (χ0v) is 21.0. The van der Waals surface area contributed by atoms with Crippen LogP contribution in [-0.2, 0) is 6.61 Å². The van der Waals surface area contributed by atoms with E-state index in [1.54, 1.807) is 0 Å². The van der Waals surface area contributed by atoms with E-state index in [1.165, 1.54) is 32.0 Å². The van der Waals surface area contributed by atoms with Crippen molar-refractivity contribution in [2.75, 3.05) is 18.5 Å². The highest BCUT2D eigenvalue weighted by Gasteiger charge is 2.24. The molecule has 0 saturated heterocycles. The van der Waals surface area contributed by atoms with Crippen molar-refractivity contribution in [2.24, 2.45) is 5.73 Å². The number of carboxylic acids is 1. The molecule has 0 radical (unpaired) electrons. The maximum Gasteiger partial charge on any atom is 0.338 e. The Morgan fingerprint density at radius 2 is 1.71 bits per heavy atom. The summed E-state index contributed by atoms with van der Waals surface area (Å²) in [5.74, 6) is -1.43. The van der Waals surface area contributed by atoms with Gasteiger partial charge in [0, 0.05) is 34.3 Å². The number of para-hydroxylation sites is 1. The van der Waals surface area contributed by atoms with Gasteiger partial charge in [-0.1, -0.05) is 44.9 Å². The van der Waals surface area contributed by atoms with Gasteiger partial charge in [0.2, 0.25) is 0 Å². The lowest BCUT2D eigenvalue weighted by Crippen LogP contribution is -2.17. The lowest BCUT2D eigenvalue weighted by molar-refractivity contribution is 0.0692. The SMILES string of the molecule is CCCC.CCN(c1ccccc1)c1cc2c(cc1S)-c1cc(C(=O)O)c(F)cc1CO2.CN. The van der Waals surface area contributed by atoms with Crippen molar-refractivity contribution in [1.82, 2.24) is 0 Å². The molecule has 0 atom stereocenters. The molecule has 0 amide bonds. The predicted octanol–water partition coefficient (Wildman–Crippen LogP) is 6.91. The second-order valence-electron chi connectivity index (χ2n) is 7.50. The first-order valence-corrected chi connectivity index (χ1v) is 11.8. The van der Waals surface area contributed by atoms with Crippen molar-refractivity contribution in [3.05, 3.63) is 71.5 Å². The molecule has 1 aliphatic rings. The summed E-state index contributed by atoms with van der Waals surface area (Å²) in [4.78, 5) is 14.2. The van der Waals surface area contributed by atoms with Gasteiger partial charge in [-0.2, -0.15) is 0 Å². The molecule has 0 fully saturated rings.